The second-order valence-electron chi connectivity index (χ2n) is 4.20. The third-order valence-electron chi connectivity index (χ3n) is 2.22. The monoisotopic (exact) mass is 218 g/mol. The summed E-state index contributed by atoms with van der Waals surface area (Å²) < 4.78 is 0. The first-order chi connectivity index (χ1) is 7.11. The van der Waals surface area contributed by atoms with Crippen LogP contribution in [0, 0.1) is 11.6 Å². The Balaban J connectivity index is 2.79. The Hall–Kier alpha value is -0.790. The molecule has 0 aliphatic heterocycles. The fraction of sp³-hybridized carbons (Fsp3) is 0.429. The molecule has 1 aromatic carbocycles. The molecule has 0 saturated heterocycles. The molecule has 0 bridgehead atoms. The van der Waals surface area contributed by atoms with Gasteiger partial charge in [-0.1, -0.05) is 57.5 Å². The molecule has 0 N–H and O–H groups in total. The maximum absolute atomic E-state index is 3.45. The van der Waals surface area contributed by atoms with Gasteiger partial charge in [0.2, 0.25) is 0 Å². The zero-order valence-electron chi connectivity index (χ0n) is 9.99. The average molecular weight is 218 g/mol. The lowest BCUT2D eigenvalue weighted by molar-refractivity contribution is 1.02. The van der Waals surface area contributed by atoms with Crippen LogP contribution in [0.5, 0.6) is 0 Å². The Morgan fingerprint density at radius 2 is 1.47 bits per heavy atom. The molecule has 1 rings (SSSR count). The van der Waals surface area contributed by atoms with Gasteiger partial charge < -0.3 is 0 Å². The van der Waals surface area contributed by atoms with Crippen molar-refractivity contribution in [1.29, 1.82) is 0 Å². The third kappa shape index (κ3) is 4.06. The highest BCUT2D eigenvalue weighted by Crippen LogP contribution is 2.44. The Kier molecular flexibility index (Phi) is 4.86. The minimum atomic E-state index is -0.163. The minimum absolute atomic E-state index is 0.163. The molecule has 0 unspecified atom stereocenters. The van der Waals surface area contributed by atoms with Gasteiger partial charge in [0, 0.05) is 5.56 Å². The molecule has 15 heavy (non-hydrogen) atoms. The van der Waals surface area contributed by atoms with Crippen LogP contribution >= 0.6 is 7.92 Å². The number of hydrogen-bond acceptors (Lipinski definition) is 0. The molecule has 0 radical (unpaired) electrons. The predicted octanol–water partition coefficient (Wildman–Crippen LogP) is 4.29. The van der Waals surface area contributed by atoms with Crippen LogP contribution in [-0.4, -0.2) is 11.3 Å². The summed E-state index contributed by atoms with van der Waals surface area (Å²) in [7, 11) is -0.163. The van der Waals surface area contributed by atoms with E-state index in [-0.39, 0.29) is 7.92 Å². The highest BCUT2D eigenvalue weighted by molar-refractivity contribution is 7.64. The second kappa shape index (κ2) is 5.94. The van der Waals surface area contributed by atoms with E-state index in [0.29, 0.717) is 11.3 Å². The van der Waals surface area contributed by atoms with Crippen molar-refractivity contribution < 1.29 is 0 Å². The van der Waals surface area contributed by atoms with E-state index in [9.17, 15) is 0 Å². The Morgan fingerprint density at radius 3 is 1.93 bits per heavy atom. The third-order valence-corrected chi connectivity index (χ3v) is 4.81. The van der Waals surface area contributed by atoms with Gasteiger partial charge >= 0.3 is 0 Å². The first kappa shape index (κ1) is 12.3. The van der Waals surface area contributed by atoms with E-state index >= 15 is 0 Å². The van der Waals surface area contributed by atoms with E-state index in [0.717, 1.165) is 5.56 Å². The smallest absolute Gasteiger partial charge is 0.0248 e. The number of rotatable bonds is 2. The summed E-state index contributed by atoms with van der Waals surface area (Å²) in [5, 5.41) is 0. The average Bonchev–Trinajstić information content (AvgIpc) is 2.18. The van der Waals surface area contributed by atoms with Crippen molar-refractivity contribution in [2.75, 3.05) is 0 Å². The van der Waals surface area contributed by atoms with Gasteiger partial charge in [-0.2, -0.15) is 0 Å². The first-order valence-electron chi connectivity index (χ1n) is 5.46. The molecule has 0 spiro atoms. The van der Waals surface area contributed by atoms with Gasteiger partial charge in [0.05, 0.1) is 0 Å². The molecule has 0 fully saturated rings. The molecule has 0 saturated carbocycles. The van der Waals surface area contributed by atoms with Crippen molar-refractivity contribution in [2.45, 2.75) is 39.0 Å². The van der Waals surface area contributed by atoms with Crippen LogP contribution in [0.1, 0.15) is 33.3 Å². The minimum Gasteiger partial charge on any atom is -0.0707 e. The van der Waals surface area contributed by atoms with Gasteiger partial charge in [-0.25, -0.2) is 0 Å². The second-order valence-corrected chi connectivity index (χ2v) is 7.30. The van der Waals surface area contributed by atoms with Crippen LogP contribution in [0.15, 0.2) is 30.3 Å². The summed E-state index contributed by atoms with van der Waals surface area (Å²) in [6.07, 6.45) is 0. The molecule has 0 atom stereocenters. The summed E-state index contributed by atoms with van der Waals surface area (Å²) in [4.78, 5) is 0. The summed E-state index contributed by atoms with van der Waals surface area (Å²) in [5.74, 6) is 3.29. The maximum Gasteiger partial charge on any atom is 0.0248 e. The van der Waals surface area contributed by atoms with Crippen molar-refractivity contribution in [3.05, 3.63) is 35.9 Å². The first-order valence-corrected chi connectivity index (χ1v) is 6.94. The van der Waals surface area contributed by atoms with Crippen LogP contribution in [0.3, 0.4) is 0 Å². The number of benzene rings is 1. The number of hydrogen-bond donors (Lipinski definition) is 0. The normalized spacial score (nSPS) is 10.6. The van der Waals surface area contributed by atoms with E-state index in [4.69, 9.17) is 0 Å². The van der Waals surface area contributed by atoms with Crippen molar-refractivity contribution >= 4 is 7.92 Å². The van der Waals surface area contributed by atoms with Crippen molar-refractivity contribution in [3.8, 4) is 11.6 Å². The largest absolute Gasteiger partial charge is 0.0707 e. The summed E-state index contributed by atoms with van der Waals surface area (Å²) in [6.45, 7) is 9.08. The molecular weight excluding hydrogens is 199 g/mol. The van der Waals surface area contributed by atoms with Gasteiger partial charge in [-0.3, -0.25) is 0 Å². The van der Waals surface area contributed by atoms with Crippen molar-refractivity contribution in [3.63, 3.8) is 0 Å². The fourth-order valence-electron chi connectivity index (χ4n) is 1.51. The molecule has 1 aromatic rings. The van der Waals surface area contributed by atoms with E-state index in [1.54, 1.807) is 0 Å². The quantitative estimate of drug-likeness (QED) is 0.513. The highest BCUT2D eigenvalue weighted by atomic mass is 31.1. The van der Waals surface area contributed by atoms with Gasteiger partial charge in [-0.15, -0.1) is 0 Å². The molecule has 80 valence electrons. The molecule has 0 amide bonds. The van der Waals surface area contributed by atoms with Crippen molar-refractivity contribution in [1.82, 2.24) is 0 Å². The lowest BCUT2D eigenvalue weighted by Crippen LogP contribution is -2.01. The maximum atomic E-state index is 3.45. The van der Waals surface area contributed by atoms with E-state index in [1.165, 1.54) is 0 Å². The predicted molar refractivity (Wildman–Crippen MR) is 70.5 cm³/mol. The lowest BCUT2D eigenvalue weighted by Gasteiger charge is -2.18. The SMILES string of the molecule is CC(C)P(C#Cc1ccccc1)C(C)C. The van der Waals surface area contributed by atoms with Crippen LogP contribution in [0.25, 0.3) is 0 Å². The molecule has 0 nitrogen and oxygen atoms in total. The standard InChI is InChI=1S/C14H19P/c1-12(2)15(13(3)4)11-10-14-8-6-5-7-9-14/h5-9,12-13H,1-4H3. The van der Waals surface area contributed by atoms with Crippen LogP contribution in [0.4, 0.5) is 0 Å². The van der Waals surface area contributed by atoms with Gasteiger partial charge in [0.1, 0.15) is 0 Å². The lowest BCUT2D eigenvalue weighted by atomic mass is 10.2. The van der Waals surface area contributed by atoms with E-state index in [1.807, 2.05) is 18.2 Å². The fourth-order valence-corrected chi connectivity index (χ4v) is 3.47. The van der Waals surface area contributed by atoms with E-state index in [2.05, 4.69) is 51.4 Å². The molecular formula is C14H19P. The topological polar surface area (TPSA) is 0 Å². The van der Waals surface area contributed by atoms with Gasteiger partial charge in [-0.05, 0) is 31.4 Å². The Bertz CT molecular complexity index is 333. The molecule has 0 aromatic heterocycles. The summed E-state index contributed by atoms with van der Waals surface area (Å²) in [5.41, 5.74) is 5.96. The zero-order valence-corrected chi connectivity index (χ0v) is 10.9. The molecule has 1 heteroatoms. The van der Waals surface area contributed by atoms with E-state index < -0.39 is 0 Å². The Morgan fingerprint density at radius 1 is 0.933 bits per heavy atom. The Labute approximate surface area is 94.8 Å². The zero-order chi connectivity index (χ0) is 11.3. The highest BCUT2D eigenvalue weighted by Gasteiger charge is 2.13. The van der Waals surface area contributed by atoms with Crippen LogP contribution in [-0.2, 0) is 0 Å². The molecule has 0 aliphatic carbocycles. The summed E-state index contributed by atoms with van der Waals surface area (Å²) in [6, 6.07) is 10.2. The van der Waals surface area contributed by atoms with Crippen LogP contribution < -0.4 is 0 Å². The molecule has 0 heterocycles. The van der Waals surface area contributed by atoms with Crippen molar-refractivity contribution in [2.24, 2.45) is 0 Å². The van der Waals surface area contributed by atoms with Gasteiger partial charge in [0.15, 0.2) is 0 Å². The molecule has 0 aliphatic rings. The van der Waals surface area contributed by atoms with Gasteiger partial charge in [0.25, 0.3) is 0 Å². The van der Waals surface area contributed by atoms with Crippen LogP contribution in [0.2, 0.25) is 0 Å². The summed E-state index contributed by atoms with van der Waals surface area (Å²) >= 11 is 0.